The molecule has 2 N–H and O–H groups in total. The van der Waals surface area contributed by atoms with Crippen LogP contribution in [0, 0.1) is 0 Å². The summed E-state index contributed by atoms with van der Waals surface area (Å²) in [6.45, 7) is 0.0195. The number of nitrogens with one attached hydrogen (secondary N) is 1. The molecule has 0 aliphatic heterocycles. The van der Waals surface area contributed by atoms with Gasteiger partial charge in [0.1, 0.15) is 6.04 Å². The first kappa shape index (κ1) is 19.9. The van der Waals surface area contributed by atoms with Gasteiger partial charge in [0.15, 0.2) is 0 Å². The first-order valence-corrected chi connectivity index (χ1v) is 8.54. The van der Waals surface area contributed by atoms with Gasteiger partial charge >= 0.3 is 12.1 Å². The Kier molecular flexibility index (Phi) is 5.71. The van der Waals surface area contributed by atoms with E-state index in [1.165, 1.54) is 19.2 Å². The molecule has 0 amide bonds. The van der Waals surface area contributed by atoms with Gasteiger partial charge in [-0.3, -0.25) is 4.79 Å². The third-order valence-electron chi connectivity index (χ3n) is 4.52. The van der Waals surface area contributed by atoms with Gasteiger partial charge in [0.05, 0.1) is 12.7 Å². The summed E-state index contributed by atoms with van der Waals surface area (Å²) < 4.78 is 41.7. The summed E-state index contributed by atoms with van der Waals surface area (Å²) in [5.74, 6) is -1.08. The number of benzene rings is 2. The summed E-state index contributed by atoms with van der Waals surface area (Å²) in [5, 5.41) is 10.1. The number of alkyl halides is 3. The second-order valence-corrected chi connectivity index (χ2v) is 6.37. The average molecular weight is 392 g/mol. The van der Waals surface area contributed by atoms with Gasteiger partial charge in [-0.15, -0.1) is 0 Å². The molecule has 0 saturated heterocycles. The van der Waals surface area contributed by atoms with Crippen molar-refractivity contribution >= 4 is 16.9 Å². The summed E-state index contributed by atoms with van der Waals surface area (Å²) in [6.07, 6.45) is -2.62. The SMILES string of the molecule is CON[C@@H](Cc1cn(Cc2ccccc2C(F)(F)F)c2ccccc12)C(=O)O. The molecule has 8 heteroatoms. The standard InChI is InChI=1S/C20H19F3N2O3/c1-28-24-17(19(26)27)10-14-12-25(18-9-5-3-7-15(14)18)11-13-6-2-4-8-16(13)20(21,22)23/h2-9,12,17,24H,10-11H2,1H3,(H,26,27)/t17-/m0/s1. The van der Waals surface area contributed by atoms with Crippen molar-refractivity contribution in [2.45, 2.75) is 25.2 Å². The van der Waals surface area contributed by atoms with E-state index in [-0.39, 0.29) is 18.5 Å². The van der Waals surface area contributed by atoms with Crippen LogP contribution in [-0.4, -0.2) is 28.8 Å². The van der Waals surface area contributed by atoms with Crippen LogP contribution in [0.15, 0.2) is 54.7 Å². The van der Waals surface area contributed by atoms with Gasteiger partial charge in [0.2, 0.25) is 0 Å². The van der Waals surface area contributed by atoms with Crippen LogP contribution in [0.25, 0.3) is 10.9 Å². The number of hydrogen-bond donors (Lipinski definition) is 2. The van der Waals surface area contributed by atoms with Crippen LogP contribution in [0.1, 0.15) is 16.7 Å². The van der Waals surface area contributed by atoms with E-state index < -0.39 is 23.8 Å². The van der Waals surface area contributed by atoms with E-state index in [1.807, 2.05) is 6.07 Å². The van der Waals surface area contributed by atoms with Gasteiger partial charge in [0.25, 0.3) is 0 Å². The Balaban J connectivity index is 2.01. The highest BCUT2D eigenvalue weighted by Crippen LogP contribution is 2.33. The Bertz CT molecular complexity index is 982. The van der Waals surface area contributed by atoms with Gasteiger partial charge in [0, 0.05) is 30.1 Å². The number of carboxylic acids is 1. The van der Waals surface area contributed by atoms with Crippen LogP contribution in [0.3, 0.4) is 0 Å². The summed E-state index contributed by atoms with van der Waals surface area (Å²) >= 11 is 0. The van der Waals surface area contributed by atoms with Crippen molar-refractivity contribution in [3.8, 4) is 0 Å². The molecule has 3 aromatic rings. The topological polar surface area (TPSA) is 63.5 Å². The molecule has 0 aliphatic carbocycles. The number of carboxylic acid groups (broad SMARTS) is 1. The number of para-hydroxylation sites is 1. The third-order valence-corrected chi connectivity index (χ3v) is 4.52. The lowest BCUT2D eigenvalue weighted by molar-refractivity contribution is -0.143. The molecule has 1 aromatic heterocycles. The van der Waals surface area contributed by atoms with Crippen molar-refractivity contribution in [1.82, 2.24) is 10.0 Å². The van der Waals surface area contributed by atoms with Gasteiger partial charge in [-0.05, 0) is 23.3 Å². The number of carbonyl (C=O) groups is 1. The quantitative estimate of drug-likeness (QED) is 0.600. The van der Waals surface area contributed by atoms with Crippen molar-refractivity contribution in [3.05, 3.63) is 71.4 Å². The van der Waals surface area contributed by atoms with Crippen molar-refractivity contribution < 1.29 is 27.9 Å². The predicted octanol–water partition coefficient (Wildman–Crippen LogP) is 3.86. The van der Waals surface area contributed by atoms with E-state index in [4.69, 9.17) is 4.84 Å². The van der Waals surface area contributed by atoms with Crippen molar-refractivity contribution in [1.29, 1.82) is 0 Å². The highest BCUT2D eigenvalue weighted by molar-refractivity contribution is 5.85. The number of halogens is 3. The largest absolute Gasteiger partial charge is 0.480 e. The third kappa shape index (κ3) is 4.18. The van der Waals surface area contributed by atoms with E-state index in [2.05, 4.69) is 5.48 Å². The molecule has 0 aliphatic rings. The minimum Gasteiger partial charge on any atom is -0.480 e. The molecule has 1 heterocycles. The predicted molar refractivity (Wildman–Crippen MR) is 97.8 cm³/mol. The Hall–Kier alpha value is -2.84. The molecule has 1 atom stereocenters. The molecule has 3 rings (SSSR count). The van der Waals surface area contributed by atoms with E-state index in [0.717, 1.165) is 17.0 Å². The maximum atomic E-state index is 13.3. The summed E-state index contributed by atoms with van der Waals surface area (Å²) in [6, 6.07) is 11.7. The molecule has 2 aromatic carbocycles. The summed E-state index contributed by atoms with van der Waals surface area (Å²) in [7, 11) is 1.33. The zero-order chi connectivity index (χ0) is 20.3. The van der Waals surface area contributed by atoms with E-state index in [0.29, 0.717) is 5.56 Å². The Labute approximate surface area is 159 Å². The molecule has 148 valence electrons. The molecule has 0 radical (unpaired) electrons. The van der Waals surface area contributed by atoms with Gasteiger partial charge < -0.3 is 14.5 Å². The van der Waals surface area contributed by atoms with Crippen LogP contribution in [0.4, 0.5) is 13.2 Å². The van der Waals surface area contributed by atoms with Crippen LogP contribution in [-0.2, 0) is 28.8 Å². The van der Waals surface area contributed by atoms with Crippen molar-refractivity contribution in [2.75, 3.05) is 7.11 Å². The lowest BCUT2D eigenvalue weighted by atomic mass is 10.1. The number of aliphatic carboxylic acids is 1. The lowest BCUT2D eigenvalue weighted by Gasteiger charge is -2.14. The number of rotatable bonds is 7. The van der Waals surface area contributed by atoms with Crippen LogP contribution in [0.5, 0.6) is 0 Å². The van der Waals surface area contributed by atoms with Crippen molar-refractivity contribution in [3.63, 3.8) is 0 Å². The van der Waals surface area contributed by atoms with Crippen LogP contribution in [0.2, 0.25) is 0 Å². The maximum Gasteiger partial charge on any atom is 0.416 e. The molecule has 0 fully saturated rings. The van der Waals surface area contributed by atoms with Crippen LogP contribution >= 0.6 is 0 Å². The molecule has 0 saturated carbocycles. The van der Waals surface area contributed by atoms with Crippen LogP contribution < -0.4 is 5.48 Å². The van der Waals surface area contributed by atoms with Crippen molar-refractivity contribution in [2.24, 2.45) is 0 Å². The average Bonchev–Trinajstić information content (AvgIpc) is 2.98. The fourth-order valence-electron chi connectivity index (χ4n) is 3.28. The molecule has 0 bridgehead atoms. The number of hydroxylamine groups is 1. The van der Waals surface area contributed by atoms with Gasteiger partial charge in [-0.2, -0.15) is 18.7 Å². The molecular formula is C20H19F3N2O3. The minimum absolute atomic E-state index is 0.0195. The number of nitrogens with zero attached hydrogens (tertiary/aromatic N) is 1. The molecule has 28 heavy (non-hydrogen) atoms. The molecule has 0 unspecified atom stereocenters. The van der Waals surface area contributed by atoms with E-state index >= 15 is 0 Å². The summed E-state index contributed by atoms with van der Waals surface area (Å²) in [4.78, 5) is 16.2. The van der Waals surface area contributed by atoms with E-state index in [1.54, 1.807) is 35.0 Å². The molecule has 0 spiro atoms. The fraction of sp³-hybridized carbons (Fsp3) is 0.250. The zero-order valence-electron chi connectivity index (χ0n) is 15.0. The molecule has 5 nitrogen and oxygen atoms in total. The van der Waals surface area contributed by atoms with Gasteiger partial charge in [-0.1, -0.05) is 36.4 Å². The highest BCUT2D eigenvalue weighted by Gasteiger charge is 2.33. The second-order valence-electron chi connectivity index (χ2n) is 6.37. The smallest absolute Gasteiger partial charge is 0.416 e. The molecular weight excluding hydrogens is 373 g/mol. The summed E-state index contributed by atoms with van der Waals surface area (Å²) in [5.41, 5.74) is 3.33. The lowest BCUT2D eigenvalue weighted by Crippen LogP contribution is -2.37. The first-order chi connectivity index (χ1) is 13.3. The normalized spacial score (nSPS) is 13.0. The Morgan fingerprint density at radius 3 is 2.50 bits per heavy atom. The van der Waals surface area contributed by atoms with Gasteiger partial charge in [-0.25, -0.2) is 0 Å². The fourth-order valence-corrected chi connectivity index (χ4v) is 3.28. The number of hydrogen-bond acceptors (Lipinski definition) is 3. The highest BCUT2D eigenvalue weighted by atomic mass is 19.4. The number of aromatic nitrogens is 1. The minimum atomic E-state index is -4.45. The monoisotopic (exact) mass is 392 g/mol. The Morgan fingerprint density at radius 2 is 1.82 bits per heavy atom. The second kappa shape index (κ2) is 8.04. The first-order valence-electron chi connectivity index (χ1n) is 8.54. The maximum absolute atomic E-state index is 13.3. The number of fused-ring (bicyclic) bond motifs is 1. The Morgan fingerprint density at radius 1 is 1.14 bits per heavy atom. The zero-order valence-corrected chi connectivity index (χ0v) is 15.0. The van der Waals surface area contributed by atoms with E-state index in [9.17, 15) is 23.1 Å².